The molecule has 3 N–H and O–H groups in total. The number of carbonyl (C=O) groups is 1. The summed E-state index contributed by atoms with van der Waals surface area (Å²) < 4.78 is 5.76. The van der Waals surface area contributed by atoms with Gasteiger partial charge in [-0.3, -0.25) is 10.0 Å². The first kappa shape index (κ1) is 23.8. The van der Waals surface area contributed by atoms with Gasteiger partial charge in [0.25, 0.3) is 5.91 Å². The Morgan fingerprint density at radius 2 is 1.88 bits per heavy atom. The molecule has 0 saturated carbocycles. The Morgan fingerprint density at radius 1 is 1.16 bits per heavy atom. The first-order valence-electron chi connectivity index (χ1n) is 11.1. The van der Waals surface area contributed by atoms with Crippen LogP contribution in [0.5, 0.6) is 5.75 Å². The lowest BCUT2D eigenvalue weighted by Gasteiger charge is -2.35. The van der Waals surface area contributed by atoms with Crippen molar-refractivity contribution in [2.24, 2.45) is 0 Å². The highest BCUT2D eigenvalue weighted by Gasteiger charge is 2.20. The van der Waals surface area contributed by atoms with Gasteiger partial charge < -0.3 is 19.9 Å². The molecule has 1 amide bonds. The third-order valence-electron chi connectivity index (χ3n) is 5.62. The van der Waals surface area contributed by atoms with Gasteiger partial charge in [0.2, 0.25) is 0 Å². The topological polar surface area (TPSA) is 77.1 Å². The van der Waals surface area contributed by atoms with E-state index in [0.717, 1.165) is 56.0 Å². The van der Waals surface area contributed by atoms with Crippen LogP contribution in [0.25, 0.3) is 6.08 Å². The Bertz CT molecular complexity index is 875. The van der Waals surface area contributed by atoms with Gasteiger partial charge in [0, 0.05) is 44.0 Å². The van der Waals surface area contributed by atoms with Crippen molar-refractivity contribution in [2.75, 3.05) is 45.2 Å². The molecule has 7 heteroatoms. The van der Waals surface area contributed by atoms with Gasteiger partial charge >= 0.3 is 0 Å². The standard InChI is InChI=1S/C25H34N4O3/c1-28(2)17-18-32-23-10-7-20(8-11-23)19-26-22-13-15-29(16-14-22)24-6-4-3-5-21(24)9-12-25(30)27-31/h3-12,22,26,31H,13-19H2,1-2H3,(H,27,30)/b12-9+. The minimum Gasteiger partial charge on any atom is -0.492 e. The maximum atomic E-state index is 11.3. The summed E-state index contributed by atoms with van der Waals surface area (Å²) in [7, 11) is 4.08. The molecule has 0 aromatic heterocycles. The number of nitrogens with zero attached hydrogens (tertiary/aromatic N) is 2. The maximum absolute atomic E-state index is 11.3. The maximum Gasteiger partial charge on any atom is 0.267 e. The van der Waals surface area contributed by atoms with Crippen LogP contribution in [-0.2, 0) is 11.3 Å². The predicted molar refractivity (Wildman–Crippen MR) is 128 cm³/mol. The normalized spacial score (nSPS) is 14.8. The number of benzene rings is 2. The van der Waals surface area contributed by atoms with E-state index in [1.165, 1.54) is 11.6 Å². The number of likely N-dealkylation sites (N-methyl/N-ethyl adjacent to an activating group) is 1. The molecule has 0 radical (unpaired) electrons. The van der Waals surface area contributed by atoms with Crippen LogP contribution in [0.2, 0.25) is 0 Å². The molecule has 0 aliphatic carbocycles. The molecule has 1 aliphatic rings. The monoisotopic (exact) mass is 438 g/mol. The van der Waals surface area contributed by atoms with Crippen molar-refractivity contribution in [3.63, 3.8) is 0 Å². The smallest absolute Gasteiger partial charge is 0.267 e. The summed E-state index contributed by atoms with van der Waals surface area (Å²) in [5.41, 5.74) is 4.96. The van der Waals surface area contributed by atoms with Crippen molar-refractivity contribution in [3.8, 4) is 5.75 Å². The number of hydroxylamine groups is 1. The van der Waals surface area contributed by atoms with Gasteiger partial charge in [-0.2, -0.15) is 0 Å². The largest absolute Gasteiger partial charge is 0.492 e. The van der Waals surface area contributed by atoms with E-state index in [1.54, 1.807) is 11.6 Å². The summed E-state index contributed by atoms with van der Waals surface area (Å²) in [4.78, 5) is 15.8. The fraction of sp³-hybridized carbons (Fsp3) is 0.400. The first-order chi connectivity index (χ1) is 15.5. The first-order valence-corrected chi connectivity index (χ1v) is 11.1. The van der Waals surface area contributed by atoms with Gasteiger partial charge in [0.15, 0.2) is 0 Å². The molecular formula is C25H34N4O3. The van der Waals surface area contributed by atoms with Crippen molar-refractivity contribution in [1.82, 2.24) is 15.7 Å². The molecule has 1 saturated heterocycles. The van der Waals surface area contributed by atoms with Gasteiger partial charge in [0.05, 0.1) is 0 Å². The quantitative estimate of drug-likeness (QED) is 0.301. The number of ether oxygens (including phenoxy) is 1. The molecule has 32 heavy (non-hydrogen) atoms. The molecule has 1 heterocycles. The predicted octanol–water partition coefficient (Wildman–Crippen LogP) is 2.90. The van der Waals surface area contributed by atoms with E-state index in [2.05, 4.69) is 33.3 Å². The SMILES string of the molecule is CN(C)CCOc1ccc(CNC2CCN(c3ccccc3/C=C/C(=O)NO)CC2)cc1. The third kappa shape index (κ3) is 7.37. The minimum absolute atomic E-state index is 0.477. The average Bonchev–Trinajstić information content (AvgIpc) is 2.82. The zero-order chi connectivity index (χ0) is 22.8. The molecule has 2 aromatic rings. The van der Waals surface area contributed by atoms with E-state index in [0.29, 0.717) is 12.6 Å². The number of hydrogen-bond acceptors (Lipinski definition) is 6. The van der Waals surface area contributed by atoms with Gasteiger partial charge in [0.1, 0.15) is 12.4 Å². The molecule has 172 valence electrons. The number of rotatable bonds is 10. The summed E-state index contributed by atoms with van der Waals surface area (Å²) in [5.74, 6) is 0.379. The Kier molecular flexibility index (Phi) is 9.10. The number of anilines is 1. The van der Waals surface area contributed by atoms with Crippen LogP contribution in [0.1, 0.15) is 24.0 Å². The van der Waals surface area contributed by atoms with E-state index in [-0.39, 0.29) is 0 Å². The molecular weight excluding hydrogens is 404 g/mol. The summed E-state index contributed by atoms with van der Waals surface area (Å²) in [5, 5.41) is 12.4. The number of piperidine rings is 1. The molecule has 0 spiro atoms. The molecule has 0 bridgehead atoms. The lowest BCUT2D eigenvalue weighted by molar-refractivity contribution is -0.124. The minimum atomic E-state index is -0.532. The molecule has 3 rings (SSSR count). The van der Waals surface area contributed by atoms with E-state index >= 15 is 0 Å². The molecule has 2 aromatic carbocycles. The van der Waals surface area contributed by atoms with Crippen LogP contribution in [0.4, 0.5) is 5.69 Å². The fourth-order valence-corrected chi connectivity index (χ4v) is 3.76. The molecule has 0 unspecified atom stereocenters. The second kappa shape index (κ2) is 12.2. The molecule has 1 fully saturated rings. The summed E-state index contributed by atoms with van der Waals surface area (Å²) in [6.07, 6.45) is 5.19. The second-order valence-electron chi connectivity index (χ2n) is 8.31. The third-order valence-corrected chi connectivity index (χ3v) is 5.62. The van der Waals surface area contributed by atoms with Crippen molar-refractivity contribution < 1.29 is 14.7 Å². The van der Waals surface area contributed by atoms with E-state index in [1.807, 2.05) is 44.4 Å². The number of para-hydroxylation sites is 1. The Morgan fingerprint density at radius 3 is 2.56 bits per heavy atom. The lowest BCUT2D eigenvalue weighted by Crippen LogP contribution is -2.42. The zero-order valence-electron chi connectivity index (χ0n) is 19.0. The van der Waals surface area contributed by atoms with Crippen molar-refractivity contribution in [3.05, 3.63) is 65.7 Å². The number of hydrogen-bond donors (Lipinski definition) is 3. The fourth-order valence-electron chi connectivity index (χ4n) is 3.76. The Balaban J connectivity index is 1.46. The van der Waals surface area contributed by atoms with E-state index in [4.69, 9.17) is 9.94 Å². The van der Waals surface area contributed by atoms with Crippen molar-refractivity contribution >= 4 is 17.7 Å². The van der Waals surface area contributed by atoms with E-state index in [9.17, 15) is 4.79 Å². The highest BCUT2D eigenvalue weighted by Crippen LogP contribution is 2.25. The van der Waals surface area contributed by atoms with Crippen molar-refractivity contribution in [1.29, 1.82) is 0 Å². The van der Waals surface area contributed by atoms with Crippen LogP contribution in [-0.4, -0.2) is 62.4 Å². The average molecular weight is 439 g/mol. The Hall–Kier alpha value is -2.87. The number of carbonyl (C=O) groups excluding carboxylic acids is 1. The number of nitrogens with one attached hydrogen (secondary N) is 2. The van der Waals surface area contributed by atoms with Crippen LogP contribution >= 0.6 is 0 Å². The molecule has 0 atom stereocenters. The second-order valence-corrected chi connectivity index (χ2v) is 8.31. The van der Waals surface area contributed by atoms with Gasteiger partial charge in [-0.1, -0.05) is 30.3 Å². The summed E-state index contributed by atoms with van der Waals surface area (Å²) in [6, 6.07) is 16.8. The van der Waals surface area contributed by atoms with Gasteiger partial charge in [-0.05, 0) is 62.3 Å². The van der Waals surface area contributed by atoms with Crippen LogP contribution < -0.4 is 20.4 Å². The van der Waals surface area contributed by atoms with E-state index < -0.39 is 5.91 Å². The van der Waals surface area contributed by atoms with Gasteiger partial charge in [-0.25, -0.2) is 5.48 Å². The molecule has 1 aliphatic heterocycles. The van der Waals surface area contributed by atoms with Crippen molar-refractivity contribution in [2.45, 2.75) is 25.4 Å². The van der Waals surface area contributed by atoms with Crippen LogP contribution in [0.3, 0.4) is 0 Å². The Labute approximate surface area is 190 Å². The van der Waals surface area contributed by atoms with Gasteiger partial charge in [-0.15, -0.1) is 0 Å². The highest BCUT2D eigenvalue weighted by molar-refractivity contribution is 5.91. The summed E-state index contributed by atoms with van der Waals surface area (Å²) >= 11 is 0. The number of amides is 1. The van der Waals surface area contributed by atoms with Crippen LogP contribution in [0, 0.1) is 0 Å². The highest BCUT2D eigenvalue weighted by atomic mass is 16.5. The van der Waals surface area contributed by atoms with Crippen LogP contribution in [0.15, 0.2) is 54.6 Å². The molecule has 7 nitrogen and oxygen atoms in total. The zero-order valence-corrected chi connectivity index (χ0v) is 19.0. The lowest BCUT2D eigenvalue weighted by atomic mass is 10.0. The summed E-state index contributed by atoms with van der Waals surface area (Å²) in [6.45, 7) is 4.34.